The fraction of sp³-hybridized carbons (Fsp3) is 0.143. The van der Waals surface area contributed by atoms with E-state index in [0.29, 0.717) is 22.2 Å². The minimum Gasteiger partial charge on any atom is -0.465 e. The standard InChI is InChI=1S/C18H14F3NO2.C10H9NO2/c1-24-17(23)15-7-3-5-13-8-9-22(16(13)15)11-12-4-2-6-14(10-12)18(19,20)21;1-13-10(12)8-4-2-3-7-5-6-11-9(7)8/h2-10H,11H2,1H3;2-6,11H,1H3. The van der Waals surface area contributed by atoms with Crippen molar-refractivity contribution in [3.63, 3.8) is 0 Å². The summed E-state index contributed by atoms with van der Waals surface area (Å²) in [6.07, 6.45) is -0.833. The Morgan fingerprint density at radius 2 is 1.49 bits per heavy atom. The number of nitrogens with zero attached hydrogens (tertiary/aromatic N) is 1. The third-order valence-electron chi connectivity index (χ3n) is 5.79. The Labute approximate surface area is 210 Å². The number of halogens is 3. The Bertz CT molecular complexity index is 1570. The highest BCUT2D eigenvalue weighted by Crippen LogP contribution is 2.30. The molecule has 0 aliphatic rings. The molecule has 0 saturated heterocycles. The third kappa shape index (κ3) is 5.50. The first-order chi connectivity index (χ1) is 17.7. The predicted octanol–water partition coefficient (Wildman–Crippen LogP) is 6.45. The number of hydrogen-bond donors (Lipinski definition) is 1. The zero-order valence-corrected chi connectivity index (χ0v) is 20.0. The van der Waals surface area contributed by atoms with Crippen molar-refractivity contribution in [2.75, 3.05) is 14.2 Å². The van der Waals surface area contributed by atoms with Gasteiger partial charge in [-0.3, -0.25) is 0 Å². The summed E-state index contributed by atoms with van der Waals surface area (Å²) < 4.78 is 49.7. The lowest BCUT2D eigenvalue weighted by molar-refractivity contribution is -0.137. The summed E-state index contributed by atoms with van der Waals surface area (Å²) >= 11 is 0. The molecule has 190 valence electrons. The summed E-state index contributed by atoms with van der Waals surface area (Å²) in [5.41, 5.74) is 2.24. The van der Waals surface area contributed by atoms with Crippen LogP contribution < -0.4 is 0 Å². The van der Waals surface area contributed by atoms with Crippen LogP contribution in [-0.4, -0.2) is 35.7 Å². The first kappa shape index (κ1) is 25.6. The molecule has 0 saturated carbocycles. The maximum absolute atomic E-state index is 12.8. The van der Waals surface area contributed by atoms with E-state index in [1.807, 2.05) is 30.3 Å². The monoisotopic (exact) mass is 508 g/mol. The average Bonchev–Trinajstić information content (AvgIpc) is 3.55. The number of fused-ring (bicyclic) bond motifs is 2. The lowest BCUT2D eigenvalue weighted by atomic mass is 10.1. The molecule has 9 heteroatoms. The molecular weight excluding hydrogens is 485 g/mol. The van der Waals surface area contributed by atoms with E-state index in [-0.39, 0.29) is 12.5 Å². The number of methoxy groups -OCH3 is 2. The van der Waals surface area contributed by atoms with Crippen LogP contribution in [-0.2, 0) is 22.2 Å². The molecule has 0 aliphatic heterocycles. The van der Waals surface area contributed by atoms with Gasteiger partial charge in [0.05, 0.1) is 41.9 Å². The predicted molar refractivity (Wildman–Crippen MR) is 133 cm³/mol. The van der Waals surface area contributed by atoms with Gasteiger partial charge in [-0.25, -0.2) is 9.59 Å². The fourth-order valence-electron chi connectivity index (χ4n) is 4.08. The van der Waals surface area contributed by atoms with Gasteiger partial charge in [-0.05, 0) is 42.0 Å². The second kappa shape index (κ2) is 10.6. The molecule has 2 heterocycles. The quantitative estimate of drug-likeness (QED) is 0.283. The average molecular weight is 508 g/mol. The summed E-state index contributed by atoms with van der Waals surface area (Å²) in [6.45, 7) is 0.224. The summed E-state index contributed by atoms with van der Waals surface area (Å²) in [5.74, 6) is -0.794. The van der Waals surface area contributed by atoms with Crippen molar-refractivity contribution in [3.8, 4) is 0 Å². The number of benzene rings is 3. The summed E-state index contributed by atoms with van der Waals surface area (Å²) in [4.78, 5) is 26.2. The number of para-hydroxylation sites is 2. The van der Waals surface area contributed by atoms with E-state index in [1.54, 1.807) is 41.2 Å². The smallest absolute Gasteiger partial charge is 0.416 e. The van der Waals surface area contributed by atoms with Crippen LogP contribution in [0.1, 0.15) is 31.8 Å². The molecule has 3 aromatic carbocycles. The molecule has 0 radical (unpaired) electrons. The van der Waals surface area contributed by atoms with Gasteiger partial charge < -0.3 is 19.0 Å². The van der Waals surface area contributed by atoms with E-state index in [0.717, 1.165) is 28.4 Å². The van der Waals surface area contributed by atoms with Crippen molar-refractivity contribution in [1.82, 2.24) is 9.55 Å². The van der Waals surface area contributed by atoms with Crippen LogP contribution in [0.15, 0.2) is 85.2 Å². The van der Waals surface area contributed by atoms with Gasteiger partial charge in [-0.2, -0.15) is 13.2 Å². The fourth-order valence-corrected chi connectivity index (χ4v) is 4.08. The molecular formula is C28H23F3N2O4. The summed E-state index contributed by atoms with van der Waals surface area (Å²) in [7, 11) is 2.67. The first-order valence-electron chi connectivity index (χ1n) is 11.2. The molecule has 0 atom stereocenters. The van der Waals surface area contributed by atoms with E-state index in [1.165, 1.54) is 20.3 Å². The Balaban J connectivity index is 0.000000207. The molecule has 0 unspecified atom stereocenters. The van der Waals surface area contributed by atoms with E-state index in [4.69, 9.17) is 4.74 Å². The maximum atomic E-state index is 12.8. The largest absolute Gasteiger partial charge is 0.465 e. The van der Waals surface area contributed by atoms with E-state index in [9.17, 15) is 22.8 Å². The Morgan fingerprint density at radius 1 is 0.838 bits per heavy atom. The molecule has 1 N–H and O–H groups in total. The number of carbonyl (C=O) groups excluding carboxylic acids is 2. The van der Waals surface area contributed by atoms with Crippen LogP contribution in [0.2, 0.25) is 0 Å². The molecule has 37 heavy (non-hydrogen) atoms. The van der Waals surface area contributed by atoms with Crippen LogP contribution in [0.5, 0.6) is 0 Å². The van der Waals surface area contributed by atoms with Crippen LogP contribution in [0.4, 0.5) is 13.2 Å². The minimum atomic E-state index is -4.38. The van der Waals surface area contributed by atoms with Crippen molar-refractivity contribution in [2.45, 2.75) is 12.7 Å². The molecule has 6 nitrogen and oxygen atoms in total. The Kier molecular flexibility index (Phi) is 7.33. The number of alkyl halides is 3. The summed E-state index contributed by atoms with van der Waals surface area (Å²) in [5, 5.41) is 1.84. The van der Waals surface area contributed by atoms with Crippen LogP contribution >= 0.6 is 0 Å². The molecule has 5 rings (SSSR count). The van der Waals surface area contributed by atoms with Gasteiger partial charge in [-0.15, -0.1) is 0 Å². The van der Waals surface area contributed by atoms with Gasteiger partial charge in [0, 0.05) is 29.7 Å². The van der Waals surface area contributed by atoms with Crippen molar-refractivity contribution < 1.29 is 32.2 Å². The zero-order chi connectivity index (χ0) is 26.6. The number of ether oxygens (including phenoxy) is 2. The molecule has 0 spiro atoms. The van der Waals surface area contributed by atoms with Gasteiger partial charge in [-0.1, -0.05) is 36.4 Å². The number of H-pyrrole nitrogens is 1. The van der Waals surface area contributed by atoms with Gasteiger partial charge >= 0.3 is 18.1 Å². The molecule has 2 aromatic heterocycles. The molecule has 5 aromatic rings. The highest BCUT2D eigenvalue weighted by molar-refractivity contribution is 6.03. The zero-order valence-electron chi connectivity index (χ0n) is 20.0. The second-order valence-electron chi connectivity index (χ2n) is 8.12. The van der Waals surface area contributed by atoms with E-state index < -0.39 is 17.7 Å². The number of nitrogens with one attached hydrogen (secondary N) is 1. The van der Waals surface area contributed by atoms with E-state index in [2.05, 4.69) is 9.72 Å². The van der Waals surface area contributed by atoms with Crippen molar-refractivity contribution in [2.24, 2.45) is 0 Å². The lowest BCUT2D eigenvalue weighted by Crippen LogP contribution is -2.08. The van der Waals surface area contributed by atoms with Gasteiger partial charge in [0.15, 0.2) is 0 Å². The SMILES string of the molecule is COC(=O)c1cccc2cc[nH]c12.COC(=O)c1cccc2ccn(Cc3cccc(C(F)(F)F)c3)c12. The van der Waals surface area contributed by atoms with Crippen LogP contribution in [0.3, 0.4) is 0 Å². The van der Waals surface area contributed by atoms with Gasteiger partial charge in [0.2, 0.25) is 0 Å². The highest BCUT2D eigenvalue weighted by Gasteiger charge is 2.30. The normalized spacial score (nSPS) is 11.2. The van der Waals surface area contributed by atoms with Gasteiger partial charge in [0.1, 0.15) is 0 Å². The van der Waals surface area contributed by atoms with Crippen LogP contribution in [0.25, 0.3) is 21.8 Å². The van der Waals surface area contributed by atoms with Crippen molar-refractivity contribution >= 4 is 33.7 Å². The first-order valence-corrected chi connectivity index (χ1v) is 11.2. The van der Waals surface area contributed by atoms with Crippen molar-refractivity contribution in [1.29, 1.82) is 0 Å². The number of aromatic nitrogens is 2. The Hall–Kier alpha value is -4.53. The number of hydrogen-bond acceptors (Lipinski definition) is 4. The second-order valence-corrected chi connectivity index (χ2v) is 8.12. The topological polar surface area (TPSA) is 73.3 Å². The van der Waals surface area contributed by atoms with Crippen LogP contribution in [0, 0.1) is 0 Å². The van der Waals surface area contributed by atoms with Gasteiger partial charge in [0.25, 0.3) is 0 Å². The number of carbonyl (C=O) groups is 2. The summed E-state index contributed by atoms with van der Waals surface area (Å²) in [6, 6.07) is 19.6. The number of aromatic amines is 1. The number of esters is 2. The maximum Gasteiger partial charge on any atom is 0.416 e. The molecule has 0 amide bonds. The molecule has 0 aliphatic carbocycles. The molecule has 0 bridgehead atoms. The number of rotatable bonds is 4. The third-order valence-corrected chi connectivity index (χ3v) is 5.79. The highest BCUT2D eigenvalue weighted by atomic mass is 19.4. The molecule has 0 fully saturated rings. The van der Waals surface area contributed by atoms with E-state index >= 15 is 0 Å². The minimum absolute atomic E-state index is 0.224. The van der Waals surface area contributed by atoms with Crippen molar-refractivity contribution in [3.05, 3.63) is 107 Å². The Morgan fingerprint density at radius 3 is 2.19 bits per heavy atom. The lowest BCUT2D eigenvalue weighted by Gasteiger charge is -2.11.